The number of carbonyl (C=O) groups excluding carboxylic acids is 1. The molecule has 2 aromatic heterocycles. The lowest BCUT2D eigenvalue weighted by atomic mass is 9.97. The summed E-state index contributed by atoms with van der Waals surface area (Å²) in [6.07, 6.45) is 4.18. The Labute approximate surface area is 142 Å². The van der Waals surface area contributed by atoms with Crippen LogP contribution in [0.15, 0.2) is 35.1 Å². The molecule has 0 N–H and O–H groups in total. The fraction of sp³-hybridized carbons (Fsp3) is 0.333. The molecule has 1 atom stereocenters. The summed E-state index contributed by atoms with van der Waals surface area (Å²) in [5.41, 5.74) is 1.50. The molecule has 5 nitrogen and oxygen atoms in total. The van der Waals surface area contributed by atoms with Crippen molar-refractivity contribution in [3.05, 3.63) is 56.7 Å². The number of thiophene rings is 1. The Balaban J connectivity index is 1.81. The third-order valence-corrected chi connectivity index (χ3v) is 5.79. The molecule has 0 spiro atoms. The van der Waals surface area contributed by atoms with Crippen LogP contribution in [-0.2, 0) is 12.8 Å². The average molecular weight is 339 g/mol. The third kappa shape index (κ3) is 2.38. The summed E-state index contributed by atoms with van der Waals surface area (Å²) in [7, 11) is 0. The van der Waals surface area contributed by atoms with E-state index in [1.165, 1.54) is 9.56 Å². The zero-order valence-corrected chi connectivity index (χ0v) is 14.2. The molecule has 3 aromatic rings. The smallest absolute Gasteiger partial charge is 0.279 e. The molecule has 0 saturated carbocycles. The number of ketones is 1. The Hall–Kier alpha value is -2.34. The largest absolute Gasteiger partial charge is 0.292 e. The number of aryl methyl sites for hydroxylation is 2. The molecule has 0 bridgehead atoms. The second-order valence-corrected chi connectivity index (χ2v) is 7.22. The first-order valence-electron chi connectivity index (χ1n) is 8.16. The van der Waals surface area contributed by atoms with Crippen molar-refractivity contribution in [1.82, 2.24) is 15.0 Å². The van der Waals surface area contributed by atoms with Crippen molar-refractivity contribution in [2.75, 3.05) is 0 Å². The summed E-state index contributed by atoms with van der Waals surface area (Å²) >= 11 is 1.57. The lowest BCUT2D eigenvalue weighted by molar-refractivity contribution is 0.0923. The zero-order chi connectivity index (χ0) is 16.7. The van der Waals surface area contributed by atoms with Crippen LogP contribution in [0.4, 0.5) is 0 Å². The Morgan fingerprint density at radius 2 is 1.96 bits per heavy atom. The Kier molecular flexibility index (Phi) is 3.76. The summed E-state index contributed by atoms with van der Waals surface area (Å²) in [5, 5.41) is 8.93. The molecule has 1 aromatic carbocycles. The highest BCUT2D eigenvalue weighted by atomic mass is 32.1. The van der Waals surface area contributed by atoms with Crippen molar-refractivity contribution in [2.45, 2.75) is 38.6 Å². The van der Waals surface area contributed by atoms with Gasteiger partial charge in [0.2, 0.25) is 0 Å². The Morgan fingerprint density at radius 1 is 1.21 bits per heavy atom. The molecule has 6 heteroatoms. The van der Waals surface area contributed by atoms with Gasteiger partial charge in [0, 0.05) is 10.4 Å². The number of Topliss-reactive ketones (excluding diaryl/α,β-unsaturated/α-hetero) is 1. The minimum atomic E-state index is -0.670. The van der Waals surface area contributed by atoms with Crippen LogP contribution >= 0.6 is 11.3 Å². The van der Waals surface area contributed by atoms with Crippen LogP contribution in [-0.4, -0.2) is 20.8 Å². The molecule has 0 unspecified atom stereocenters. The van der Waals surface area contributed by atoms with Gasteiger partial charge in [0.1, 0.15) is 6.04 Å². The van der Waals surface area contributed by atoms with Gasteiger partial charge >= 0.3 is 0 Å². The number of carbonyl (C=O) groups is 1. The number of nitrogens with zero attached hydrogens (tertiary/aromatic N) is 3. The molecule has 0 radical (unpaired) electrons. The van der Waals surface area contributed by atoms with Crippen LogP contribution in [0.2, 0.25) is 0 Å². The van der Waals surface area contributed by atoms with Gasteiger partial charge in [0.05, 0.1) is 5.39 Å². The molecule has 0 saturated heterocycles. The summed E-state index contributed by atoms with van der Waals surface area (Å²) in [4.78, 5) is 27.5. The predicted octanol–water partition coefficient (Wildman–Crippen LogP) is 3.18. The average Bonchev–Trinajstić information content (AvgIpc) is 3.01. The van der Waals surface area contributed by atoms with Gasteiger partial charge in [-0.15, -0.1) is 16.4 Å². The Morgan fingerprint density at radius 3 is 2.75 bits per heavy atom. The van der Waals surface area contributed by atoms with Crippen molar-refractivity contribution < 1.29 is 4.79 Å². The molecule has 24 heavy (non-hydrogen) atoms. The first-order valence-corrected chi connectivity index (χ1v) is 8.97. The first kappa shape index (κ1) is 15.2. The van der Waals surface area contributed by atoms with Crippen molar-refractivity contribution in [3.8, 4) is 0 Å². The van der Waals surface area contributed by atoms with Gasteiger partial charge in [-0.1, -0.05) is 35.5 Å². The van der Waals surface area contributed by atoms with Crippen LogP contribution < -0.4 is 5.56 Å². The maximum Gasteiger partial charge on any atom is 0.279 e. The second kappa shape index (κ2) is 5.94. The summed E-state index contributed by atoms with van der Waals surface area (Å²) < 4.78 is 1.24. The van der Waals surface area contributed by atoms with E-state index < -0.39 is 6.04 Å². The highest BCUT2D eigenvalue weighted by Crippen LogP contribution is 2.33. The van der Waals surface area contributed by atoms with Crippen molar-refractivity contribution in [3.63, 3.8) is 0 Å². The third-order valence-electron chi connectivity index (χ3n) is 4.61. The number of hydrogen-bond acceptors (Lipinski definition) is 5. The van der Waals surface area contributed by atoms with Gasteiger partial charge in [0.25, 0.3) is 5.56 Å². The van der Waals surface area contributed by atoms with Crippen LogP contribution in [0.1, 0.15) is 46.6 Å². The zero-order valence-electron chi connectivity index (χ0n) is 13.4. The molecule has 4 rings (SSSR count). The minimum absolute atomic E-state index is 0.129. The summed E-state index contributed by atoms with van der Waals surface area (Å²) in [5.74, 6) is -0.129. The van der Waals surface area contributed by atoms with E-state index in [9.17, 15) is 9.59 Å². The van der Waals surface area contributed by atoms with E-state index >= 15 is 0 Å². The van der Waals surface area contributed by atoms with E-state index in [0.717, 1.165) is 31.2 Å². The maximum atomic E-state index is 13.0. The molecule has 2 heterocycles. The summed E-state index contributed by atoms with van der Waals surface area (Å²) in [6, 6.07) is 8.32. The molecule has 0 aliphatic heterocycles. The van der Waals surface area contributed by atoms with Crippen LogP contribution in [0, 0.1) is 0 Å². The van der Waals surface area contributed by atoms with Gasteiger partial charge in [0.15, 0.2) is 10.6 Å². The van der Waals surface area contributed by atoms with E-state index in [4.69, 9.17) is 0 Å². The molecule has 0 amide bonds. The molecular formula is C18H17N3O2S. The van der Waals surface area contributed by atoms with Crippen LogP contribution in [0.5, 0.6) is 0 Å². The predicted molar refractivity (Wildman–Crippen MR) is 93.8 cm³/mol. The van der Waals surface area contributed by atoms with Gasteiger partial charge in [-0.25, -0.2) is 0 Å². The number of fused-ring (bicyclic) bond motifs is 3. The number of benzene rings is 1. The van der Waals surface area contributed by atoms with Crippen LogP contribution in [0.25, 0.3) is 10.2 Å². The van der Waals surface area contributed by atoms with E-state index in [2.05, 4.69) is 10.3 Å². The highest BCUT2D eigenvalue weighted by molar-refractivity contribution is 7.18. The van der Waals surface area contributed by atoms with Gasteiger partial charge in [-0.2, -0.15) is 4.68 Å². The lowest BCUT2D eigenvalue weighted by Gasteiger charge is -2.13. The SMILES string of the molecule is C[C@@H](C(=O)c1ccccc1)n1nnc2sc3c(c2c1=O)CCCC3. The fourth-order valence-corrected chi connectivity index (χ4v) is 4.49. The summed E-state index contributed by atoms with van der Waals surface area (Å²) in [6.45, 7) is 1.70. The van der Waals surface area contributed by atoms with Crippen molar-refractivity contribution >= 4 is 27.3 Å². The molecule has 122 valence electrons. The van der Waals surface area contributed by atoms with Crippen molar-refractivity contribution in [1.29, 1.82) is 0 Å². The Bertz CT molecular complexity index is 975. The topological polar surface area (TPSA) is 64.8 Å². The first-order chi connectivity index (χ1) is 11.7. The fourth-order valence-electron chi connectivity index (χ4n) is 3.29. The molecule has 1 aliphatic carbocycles. The monoisotopic (exact) mass is 339 g/mol. The quantitative estimate of drug-likeness (QED) is 0.688. The lowest BCUT2D eigenvalue weighted by Crippen LogP contribution is -2.31. The van der Waals surface area contributed by atoms with Gasteiger partial charge < -0.3 is 0 Å². The maximum absolute atomic E-state index is 13.0. The second-order valence-electron chi connectivity index (χ2n) is 6.14. The van der Waals surface area contributed by atoms with E-state index in [1.54, 1.807) is 30.4 Å². The highest BCUT2D eigenvalue weighted by Gasteiger charge is 2.24. The normalized spacial score (nSPS) is 15.2. The number of rotatable bonds is 3. The molecule has 1 aliphatic rings. The van der Waals surface area contributed by atoms with E-state index in [1.807, 2.05) is 18.2 Å². The van der Waals surface area contributed by atoms with E-state index in [-0.39, 0.29) is 11.3 Å². The van der Waals surface area contributed by atoms with E-state index in [0.29, 0.717) is 15.8 Å². The van der Waals surface area contributed by atoms with Gasteiger partial charge in [-0.3, -0.25) is 9.59 Å². The molecule has 0 fully saturated rings. The number of aromatic nitrogens is 3. The van der Waals surface area contributed by atoms with Crippen LogP contribution in [0.3, 0.4) is 0 Å². The van der Waals surface area contributed by atoms with Crippen molar-refractivity contribution in [2.24, 2.45) is 0 Å². The van der Waals surface area contributed by atoms with Gasteiger partial charge in [-0.05, 0) is 38.2 Å². The standard InChI is InChI=1S/C18H17N3O2S/c1-11(16(22)12-7-3-2-4-8-12)21-18(23)15-13-9-5-6-10-14(13)24-17(15)19-20-21/h2-4,7-8,11H,5-6,9-10H2,1H3/t11-/m0/s1. The number of hydrogen-bond donors (Lipinski definition) is 0. The minimum Gasteiger partial charge on any atom is -0.292 e. The molecular weight excluding hydrogens is 322 g/mol.